The van der Waals surface area contributed by atoms with Gasteiger partial charge in [0, 0.05) is 25.9 Å². The van der Waals surface area contributed by atoms with Gasteiger partial charge in [-0.15, -0.1) is 0 Å². The Bertz CT molecular complexity index is 631. The summed E-state index contributed by atoms with van der Waals surface area (Å²) >= 11 is 0. The normalized spacial score (nSPS) is 14.6. The van der Waals surface area contributed by atoms with Gasteiger partial charge in [0.05, 0.1) is 11.8 Å². The standard InChI is InChI=1S/C16H25FN2O3S/c1-12(13(2)23(5,21)22)18(3)11-16(20)19(4)10-14-6-8-15(17)9-7-14/h6-9,12-13H,10-11H2,1-5H3/t12-,13+/m1/s1. The number of rotatable bonds is 7. The summed E-state index contributed by atoms with van der Waals surface area (Å²) in [6.07, 6.45) is 1.20. The van der Waals surface area contributed by atoms with Gasteiger partial charge >= 0.3 is 0 Å². The first-order valence-electron chi connectivity index (χ1n) is 7.40. The van der Waals surface area contributed by atoms with Gasteiger partial charge in [0.15, 0.2) is 9.84 Å². The van der Waals surface area contributed by atoms with Gasteiger partial charge in [0.1, 0.15) is 5.82 Å². The zero-order valence-electron chi connectivity index (χ0n) is 14.3. The van der Waals surface area contributed by atoms with Crippen molar-refractivity contribution in [3.63, 3.8) is 0 Å². The fourth-order valence-electron chi connectivity index (χ4n) is 2.15. The van der Waals surface area contributed by atoms with Gasteiger partial charge in [-0.05, 0) is 38.6 Å². The molecule has 0 N–H and O–H groups in total. The number of amides is 1. The van der Waals surface area contributed by atoms with Crippen molar-refractivity contribution < 1.29 is 17.6 Å². The van der Waals surface area contributed by atoms with Crippen molar-refractivity contribution >= 4 is 15.7 Å². The van der Waals surface area contributed by atoms with Gasteiger partial charge in [0.2, 0.25) is 5.91 Å². The number of halogens is 1. The summed E-state index contributed by atoms with van der Waals surface area (Å²) < 4.78 is 36.1. The molecule has 0 spiro atoms. The van der Waals surface area contributed by atoms with Gasteiger partial charge in [-0.2, -0.15) is 0 Å². The predicted octanol–water partition coefficient (Wildman–Crippen LogP) is 1.54. The number of nitrogens with zero attached hydrogens (tertiary/aromatic N) is 2. The maximum atomic E-state index is 12.9. The third-order valence-corrected chi connectivity index (χ3v) is 5.94. The van der Waals surface area contributed by atoms with E-state index in [1.54, 1.807) is 49.9 Å². The predicted molar refractivity (Wildman–Crippen MR) is 89.3 cm³/mol. The highest BCUT2D eigenvalue weighted by Crippen LogP contribution is 2.11. The monoisotopic (exact) mass is 344 g/mol. The Kier molecular flexibility index (Phi) is 6.70. The molecule has 0 unspecified atom stereocenters. The van der Waals surface area contributed by atoms with Crippen molar-refractivity contribution in [1.82, 2.24) is 9.80 Å². The quantitative estimate of drug-likeness (QED) is 0.753. The zero-order chi connectivity index (χ0) is 17.8. The number of benzene rings is 1. The molecule has 1 aromatic rings. The molecule has 0 aromatic heterocycles. The van der Waals surface area contributed by atoms with Crippen LogP contribution in [-0.4, -0.2) is 62.3 Å². The largest absolute Gasteiger partial charge is 0.340 e. The van der Waals surface area contributed by atoms with E-state index in [1.165, 1.54) is 18.4 Å². The maximum absolute atomic E-state index is 12.9. The Labute approximate surface area is 138 Å². The first-order chi connectivity index (χ1) is 10.5. The van der Waals surface area contributed by atoms with E-state index in [-0.39, 0.29) is 24.3 Å². The maximum Gasteiger partial charge on any atom is 0.236 e. The summed E-state index contributed by atoms with van der Waals surface area (Å²) in [7, 11) is 0.245. The van der Waals surface area contributed by atoms with Crippen LogP contribution in [-0.2, 0) is 21.2 Å². The molecule has 1 aromatic carbocycles. The average Bonchev–Trinajstić information content (AvgIpc) is 2.46. The molecular weight excluding hydrogens is 319 g/mol. The summed E-state index contributed by atoms with van der Waals surface area (Å²) in [5.41, 5.74) is 0.836. The molecule has 0 bridgehead atoms. The summed E-state index contributed by atoms with van der Waals surface area (Å²) in [5.74, 6) is -0.435. The number of carbonyl (C=O) groups excluding carboxylic acids is 1. The lowest BCUT2D eigenvalue weighted by atomic mass is 10.2. The molecule has 5 nitrogen and oxygen atoms in total. The molecule has 7 heteroatoms. The molecule has 0 saturated carbocycles. The van der Waals surface area contributed by atoms with Crippen molar-refractivity contribution in [2.24, 2.45) is 0 Å². The molecule has 0 heterocycles. The molecule has 23 heavy (non-hydrogen) atoms. The zero-order valence-corrected chi connectivity index (χ0v) is 15.1. The molecule has 130 valence electrons. The van der Waals surface area contributed by atoms with Crippen LogP contribution in [0.15, 0.2) is 24.3 Å². The SMILES string of the molecule is C[C@H]([C@H](C)S(C)(=O)=O)N(C)CC(=O)N(C)Cc1ccc(F)cc1. The van der Waals surface area contributed by atoms with Crippen LogP contribution in [0.3, 0.4) is 0 Å². The van der Waals surface area contributed by atoms with Crippen LogP contribution in [0.1, 0.15) is 19.4 Å². The molecule has 0 aliphatic rings. The van der Waals surface area contributed by atoms with Crippen LogP contribution in [0.5, 0.6) is 0 Å². The summed E-state index contributed by atoms with van der Waals surface area (Å²) in [5, 5.41) is -0.553. The fourth-order valence-corrected chi connectivity index (χ4v) is 3.07. The average molecular weight is 344 g/mol. The van der Waals surface area contributed by atoms with E-state index >= 15 is 0 Å². The Morgan fingerprint density at radius 2 is 1.70 bits per heavy atom. The van der Waals surface area contributed by atoms with Crippen LogP contribution >= 0.6 is 0 Å². The van der Waals surface area contributed by atoms with Gasteiger partial charge in [-0.25, -0.2) is 12.8 Å². The van der Waals surface area contributed by atoms with Crippen LogP contribution in [0.4, 0.5) is 4.39 Å². The molecular formula is C16H25FN2O3S. The van der Waals surface area contributed by atoms with E-state index in [2.05, 4.69) is 0 Å². The third kappa shape index (κ3) is 5.91. The third-order valence-electron chi connectivity index (χ3n) is 4.19. The highest BCUT2D eigenvalue weighted by Gasteiger charge is 2.26. The van der Waals surface area contributed by atoms with E-state index in [1.807, 2.05) is 0 Å². The molecule has 0 fully saturated rings. The Hall–Kier alpha value is -1.47. The van der Waals surface area contributed by atoms with Crippen molar-refractivity contribution in [2.45, 2.75) is 31.7 Å². The number of hydrogen-bond acceptors (Lipinski definition) is 4. The first-order valence-corrected chi connectivity index (χ1v) is 9.35. The summed E-state index contributed by atoms with van der Waals surface area (Å²) in [4.78, 5) is 15.5. The van der Waals surface area contributed by atoms with Gasteiger partial charge in [-0.3, -0.25) is 9.69 Å². The van der Waals surface area contributed by atoms with Crippen molar-refractivity contribution in [2.75, 3.05) is 26.9 Å². The highest BCUT2D eigenvalue weighted by molar-refractivity contribution is 7.91. The summed E-state index contributed by atoms with van der Waals surface area (Å²) in [6, 6.07) is 5.72. The topological polar surface area (TPSA) is 57.7 Å². The van der Waals surface area contributed by atoms with E-state index in [0.29, 0.717) is 6.54 Å². The molecule has 1 rings (SSSR count). The molecule has 0 aliphatic heterocycles. The van der Waals surface area contributed by atoms with Gasteiger partial charge < -0.3 is 4.90 Å². The smallest absolute Gasteiger partial charge is 0.236 e. The highest BCUT2D eigenvalue weighted by atomic mass is 32.2. The first kappa shape index (κ1) is 19.6. The van der Waals surface area contributed by atoms with E-state index in [4.69, 9.17) is 0 Å². The van der Waals surface area contributed by atoms with Crippen LogP contribution in [0.25, 0.3) is 0 Å². The number of hydrogen-bond donors (Lipinski definition) is 0. The minimum absolute atomic E-state index is 0.121. The molecule has 0 saturated heterocycles. The lowest BCUT2D eigenvalue weighted by molar-refractivity contribution is -0.131. The Balaban J connectivity index is 2.62. The van der Waals surface area contributed by atoms with Crippen LogP contribution in [0.2, 0.25) is 0 Å². The second-order valence-corrected chi connectivity index (χ2v) is 8.47. The van der Waals surface area contributed by atoms with E-state index < -0.39 is 15.1 Å². The van der Waals surface area contributed by atoms with Crippen LogP contribution in [0, 0.1) is 5.82 Å². The molecule has 1 amide bonds. The van der Waals surface area contributed by atoms with Crippen LogP contribution < -0.4 is 0 Å². The molecule has 0 aliphatic carbocycles. The van der Waals surface area contributed by atoms with Crippen molar-refractivity contribution in [3.05, 3.63) is 35.6 Å². The van der Waals surface area contributed by atoms with E-state index in [0.717, 1.165) is 5.56 Å². The second kappa shape index (κ2) is 7.88. The molecule has 0 radical (unpaired) electrons. The number of sulfone groups is 1. The van der Waals surface area contributed by atoms with Gasteiger partial charge in [0.25, 0.3) is 0 Å². The van der Waals surface area contributed by atoms with E-state index in [9.17, 15) is 17.6 Å². The minimum atomic E-state index is -3.16. The second-order valence-electron chi connectivity index (χ2n) is 6.07. The van der Waals surface area contributed by atoms with Crippen molar-refractivity contribution in [3.8, 4) is 0 Å². The Morgan fingerprint density at radius 3 is 2.17 bits per heavy atom. The lowest BCUT2D eigenvalue weighted by Crippen LogP contribution is -2.46. The Morgan fingerprint density at radius 1 is 1.17 bits per heavy atom. The van der Waals surface area contributed by atoms with Gasteiger partial charge in [-0.1, -0.05) is 12.1 Å². The lowest BCUT2D eigenvalue weighted by Gasteiger charge is -2.29. The fraction of sp³-hybridized carbons (Fsp3) is 0.562. The molecule has 2 atom stereocenters. The minimum Gasteiger partial charge on any atom is -0.340 e. The van der Waals surface area contributed by atoms with Crippen molar-refractivity contribution in [1.29, 1.82) is 0 Å². The number of carbonyl (C=O) groups is 1. The number of likely N-dealkylation sites (N-methyl/N-ethyl adjacent to an activating group) is 2. The summed E-state index contributed by atoms with van der Waals surface area (Å²) in [6.45, 7) is 3.93.